The second-order valence-corrected chi connectivity index (χ2v) is 6.31. The summed E-state index contributed by atoms with van der Waals surface area (Å²) >= 11 is 6.01. The van der Waals surface area contributed by atoms with E-state index in [0.29, 0.717) is 12.4 Å². The monoisotopic (exact) mass is 311 g/mol. The van der Waals surface area contributed by atoms with Crippen molar-refractivity contribution < 1.29 is 9.90 Å². The van der Waals surface area contributed by atoms with Crippen LogP contribution in [0.15, 0.2) is 6.20 Å². The predicted molar refractivity (Wildman–Crippen MR) is 81.4 cm³/mol. The molecule has 2 unspecified atom stereocenters. The van der Waals surface area contributed by atoms with Crippen molar-refractivity contribution in [1.29, 1.82) is 0 Å². The summed E-state index contributed by atoms with van der Waals surface area (Å²) in [4.78, 5) is 20.6. The maximum absolute atomic E-state index is 12.2. The van der Waals surface area contributed by atoms with Crippen LogP contribution in [0.3, 0.4) is 0 Å². The maximum atomic E-state index is 12.2. The lowest BCUT2D eigenvalue weighted by molar-refractivity contribution is 0.0661. The fourth-order valence-electron chi connectivity index (χ4n) is 2.55. The molecule has 0 spiro atoms. The summed E-state index contributed by atoms with van der Waals surface area (Å²) in [6.45, 7) is 4.38. The topological polar surface area (TPSA) is 75.1 Å². The SMILES string of the molecule is CC(C)c1ncc(Cl)c(C(=O)NCC2CCCCC2O)n1. The molecule has 21 heavy (non-hydrogen) atoms. The van der Waals surface area contributed by atoms with Crippen LogP contribution in [0.4, 0.5) is 0 Å². The van der Waals surface area contributed by atoms with Crippen molar-refractivity contribution in [2.45, 2.75) is 51.6 Å². The van der Waals surface area contributed by atoms with Crippen LogP contribution in [0.1, 0.15) is 61.8 Å². The molecule has 1 aromatic heterocycles. The Labute approximate surface area is 130 Å². The van der Waals surface area contributed by atoms with Gasteiger partial charge < -0.3 is 10.4 Å². The molecular formula is C15H22ClN3O2. The summed E-state index contributed by atoms with van der Waals surface area (Å²) in [5.41, 5.74) is 0.209. The molecular weight excluding hydrogens is 290 g/mol. The highest BCUT2D eigenvalue weighted by atomic mass is 35.5. The lowest BCUT2D eigenvalue weighted by Crippen LogP contribution is -2.37. The minimum absolute atomic E-state index is 0.118. The number of rotatable bonds is 4. The molecule has 1 saturated carbocycles. The van der Waals surface area contributed by atoms with Crippen LogP contribution in [0, 0.1) is 5.92 Å². The average Bonchev–Trinajstić information content (AvgIpc) is 2.46. The summed E-state index contributed by atoms with van der Waals surface area (Å²) in [6, 6.07) is 0. The average molecular weight is 312 g/mol. The molecule has 1 aromatic rings. The highest BCUT2D eigenvalue weighted by molar-refractivity contribution is 6.33. The molecule has 0 aromatic carbocycles. The number of nitrogens with one attached hydrogen (secondary N) is 1. The van der Waals surface area contributed by atoms with Gasteiger partial charge in [0.05, 0.1) is 17.3 Å². The number of aliphatic hydroxyl groups is 1. The zero-order valence-electron chi connectivity index (χ0n) is 12.5. The number of carbonyl (C=O) groups is 1. The van der Waals surface area contributed by atoms with E-state index in [1.165, 1.54) is 6.20 Å². The Bertz CT molecular complexity index is 508. The molecule has 1 aliphatic rings. The Morgan fingerprint density at radius 2 is 2.19 bits per heavy atom. The van der Waals surface area contributed by atoms with E-state index in [2.05, 4.69) is 15.3 Å². The van der Waals surface area contributed by atoms with E-state index in [-0.39, 0.29) is 34.6 Å². The number of hydrogen-bond donors (Lipinski definition) is 2. The summed E-state index contributed by atoms with van der Waals surface area (Å²) < 4.78 is 0. The van der Waals surface area contributed by atoms with Gasteiger partial charge in [-0.05, 0) is 12.8 Å². The third kappa shape index (κ3) is 4.14. The fraction of sp³-hybridized carbons (Fsp3) is 0.667. The molecule has 116 valence electrons. The number of hydrogen-bond acceptors (Lipinski definition) is 4. The largest absolute Gasteiger partial charge is 0.393 e. The minimum atomic E-state index is -0.328. The molecule has 1 fully saturated rings. The van der Waals surface area contributed by atoms with Crippen molar-refractivity contribution in [3.05, 3.63) is 22.7 Å². The first kappa shape index (κ1) is 16.2. The first-order valence-corrected chi connectivity index (χ1v) is 7.85. The van der Waals surface area contributed by atoms with Crippen LogP contribution in [0.25, 0.3) is 0 Å². The van der Waals surface area contributed by atoms with Gasteiger partial charge in [-0.2, -0.15) is 0 Å². The van der Waals surface area contributed by atoms with Crippen molar-refractivity contribution in [1.82, 2.24) is 15.3 Å². The lowest BCUT2D eigenvalue weighted by atomic mass is 9.86. The molecule has 2 N–H and O–H groups in total. The van der Waals surface area contributed by atoms with Crippen LogP contribution >= 0.6 is 11.6 Å². The van der Waals surface area contributed by atoms with E-state index < -0.39 is 0 Å². The molecule has 2 atom stereocenters. The molecule has 0 radical (unpaired) electrons. The van der Waals surface area contributed by atoms with Gasteiger partial charge >= 0.3 is 0 Å². The highest BCUT2D eigenvalue weighted by Gasteiger charge is 2.24. The molecule has 0 saturated heterocycles. The van der Waals surface area contributed by atoms with E-state index in [0.717, 1.165) is 25.7 Å². The normalized spacial score (nSPS) is 22.3. The van der Waals surface area contributed by atoms with Gasteiger partial charge in [-0.1, -0.05) is 38.3 Å². The highest BCUT2D eigenvalue weighted by Crippen LogP contribution is 2.24. The summed E-state index contributed by atoms with van der Waals surface area (Å²) in [6.07, 6.45) is 5.05. The number of aromatic nitrogens is 2. The van der Waals surface area contributed by atoms with Crippen LogP contribution in [-0.2, 0) is 0 Å². The standard InChI is InChI=1S/C15H22ClN3O2/c1-9(2)14-17-8-11(16)13(19-14)15(21)18-7-10-5-3-4-6-12(10)20/h8-10,12,20H,3-7H2,1-2H3,(H,18,21). The van der Waals surface area contributed by atoms with Crippen LogP contribution in [0.5, 0.6) is 0 Å². The van der Waals surface area contributed by atoms with Gasteiger partial charge in [-0.15, -0.1) is 0 Å². The number of amides is 1. The van der Waals surface area contributed by atoms with E-state index in [4.69, 9.17) is 11.6 Å². The van der Waals surface area contributed by atoms with Gasteiger partial charge in [0, 0.05) is 18.4 Å². The third-order valence-electron chi connectivity index (χ3n) is 3.89. The molecule has 0 aliphatic heterocycles. The van der Waals surface area contributed by atoms with E-state index in [9.17, 15) is 9.90 Å². The molecule has 5 nitrogen and oxygen atoms in total. The van der Waals surface area contributed by atoms with Crippen LogP contribution < -0.4 is 5.32 Å². The summed E-state index contributed by atoms with van der Waals surface area (Å²) in [5.74, 6) is 0.547. The first-order valence-electron chi connectivity index (χ1n) is 7.47. The predicted octanol–water partition coefficient (Wildman–Crippen LogP) is 2.53. The molecule has 6 heteroatoms. The maximum Gasteiger partial charge on any atom is 0.271 e. The van der Waals surface area contributed by atoms with Crippen molar-refractivity contribution in [3.8, 4) is 0 Å². The van der Waals surface area contributed by atoms with Crippen molar-refractivity contribution in [2.24, 2.45) is 5.92 Å². The Morgan fingerprint density at radius 3 is 2.86 bits per heavy atom. The van der Waals surface area contributed by atoms with Crippen molar-refractivity contribution in [2.75, 3.05) is 6.54 Å². The van der Waals surface area contributed by atoms with Crippen molar-refractivity contribution in [3.63, 3.8) is 0 Å². The molecule has 2 rings (SSSR count). The second-order valence-electron chi connectivity index (χ2n) is 5.90. The minimum Gasteiger partial charge on any atom is -0.393 e. The van der Waals surface area contributed by atoms with E-state index in [1.54, 1.807) is 0 Å². The Morgan fingerprint density at radius 1 is 1.48 bits per heavy atom. The Kier molecular flexibility index (Phi) is 5.53. The summed E-state index contributed by atoms with van der Waals surface area (Å²) in [5, 5.41) is 13.0. The second kappa shape index (κ2) is 7.18. The van der Waals surface area contributed by atoms with Gasteiger partial charge in [0.25, 0.3) is 5.91 Å². The zero-order valence-corrected chi connectivity index (χ0v) is 13.2. The molecule has 1 amide bonds. The van der Waals surface area contributed by atoms with Gasteiger partial charge in [0.15, 0.2) is 0 Å². The van der Waals surface area contributed by atoms with Gasteiger partial charge in [-0.3, -0.25) is 4.79 Å². The zero-order chi connectivity index (χ0) is 15.4. The number of halogens is 1. The molecule has 1 aliphatic carbocycles. The van der Waals surface area contributed by atoms with Gasteiger partial charge in [0.1, 0.15) is 11.5 Å². The Balaban J connectivity index is 2.01. The first-order chi connectivity index (χ1) is 9.99. The Hall–Kier alpha value is -1.20. The summed E-state index contributed by atoms with van der Waals surface area (Å²) in [7, 11) is 0. The fourth-order valence-corrected chi connectivity index (χ4v) is 2.73. The van der Waals surface area contributed by atoms with Gasteiger partial charge in [-0.25, -0.2) is 9.97 Å². The van der Waals surface area contributed by atoms with Gasteiger partial charge in [0.2, 0.25) is 0 Å². The van der Waals surface area contributed by atoms with E-state index >= 15 is 0 Å². The smallest absolute Gasteiger partial charge is 0.271 e. The van der Waals surface area contributed by atoms with E-state index in [1.807, 2.05) is 13.8 Å². The number of nitrogens with zero attached hydrogens (tertiary/aromatic N) is 2. The third-order valence-corrected chi connectivity index (χ3v) is 4.16. The lowest BCUT2D eigenvalue weighted by Gasteiger charge is -2.27. The van der Waals surface area contributed by atoms with Crippen LogP contribution in [0.2, 0.25) is 5.02 Å². The molecule has 1 heterocycles. The number of aliphatic hydroxyl groups excluding tert-OH is 1. The number of carbonyl (C=O) groups excluding carboxylic acids is 1. The quantitative estimate of drug-likeness (QED) is 0.896. The van der Waals surface area contributed by atoms with Crippen LogP contribution in [-0.4, -0.2) is 33.6 Å². The molecule has 0 bridgehead atoms. The van der Waals surface area contributed by atoms with Crippen molar-refractivity contribution >= 4 is 17.5 Å².